The average Bonchev–Trinajstić information content (AvgIpc) is 3.16. The molecule has 1 unspecified atom stereocenters. The van der Waals surface area contributed by atoms with Crippen molar-refractivity contribution >= 4 is 17.4 Å². The van der Waals surface area contributed by atoms with Crippen LogP contribution in [0.25, 0.3) is 5.65 Å². The van der Waals surface area contributed by atoms with Crippen LogP contribution in [0.4, 0.5) is 5.82 Å². The lowest BCUT2D eigenvalue weighted by Gasteiger charge is -2.16. The van der Waals surface area contributed by atoms with Gasteiger partial charge in [0.2, 0.25) is 0 Å². The fourth-order valence-electron chi connectivity index (χ4n) is 3.21. The average molecular weight is 373 g/mol. The van der Waals surface area contributed by atoms with Crippen molar-refractivity contribution in [3.8, 4) is 0 Å². The van der Waals surface area contributed by atoms with Crippen molar-refractivity contribution in [2.45, 2.75) is 19.9 Å². The number of carbonyl (C=O) groups is 1. The molecule has 7 heteroatoms. The Morgan fingerprint density at radius 1 is 1.07 bits per heavy atom. The predicted octanol–water partition coefficient (Wildman–Crippen LogP) is 3.06. The first-order valence-electron chi connectivity index (χ1n) is 8.93. The molecule has 0 bridgehead atoms. The lowest BCUT2D eigenvalue weighted by molar-refractivity contribution is 0.102. The second-order valence-corrected chi connectivity index (χ2v) is 6.54. The van der Waals surface area contributed by atoms with Gasteiger partial charge in [0.05, 0.1) is 12.2 Å². The van der Waals surface area contributed by atoms with Crippen LogP contribution >= 0.6 is 0 Å². The van der Waals surface area contributed by atoms with Crippen LogP contribution in [-0.4, -0.2) is 25.1 Å². The molecule has 0 spiro atoms. The van der Waals surface area contributed by atoms with E-state index in [0.29, 0.717) is 17.2 Å². The number of amides is 1. The van der Waals surface area contributed by atoms with Gasteiger partial charge in [-0.15, -0.1) is 0 Å². The van der Waals surface area contributed by atoms with Gasteiger partial charge in [0, 0.05) is 18.0 Å². The number of rotatable bonds is 4. The number of hydrogen-bond donors (Lipinski definition) is 1. The molecule has 0 aliphatic carbocycles. The van der Waals surface area contributed by atoms with Crippen LogP contribution in [-0.2, 0) is 0 Å². The molecule has 3 aromatic heterocycles. The van der Waals surface area contributed by atoms with Gasteiger partial charge in [0.15, 0.2) is 0 Å². The molecule has 1 aromatic carbocycles. The molecule has 3 heterocycles. The Hall–Kier alpha value is -3.74. The SMILES string of the molecule is Cc1cccc2ncc(C(=O)Nc3ccnn3C(C)c3ccccc3)c(=O)n12. The standard InChI is InChI=1S/C21H19N5O2/c1-14-7-6-10-18-22-13-17(21(28)25(14)18)20(27)24-19-11-12-23-26(19)15(2)16-8-4-3-5-9-16/h3-13,15H,1-2H3,(H,24,27). The van der Waals surface area contributed by atoms with Crippen molar-refractivity contribution in [2.24, 2.45) is 0 Å². The van der Waals surface area contributed by atoms with E-state index in [2.05, 4.69) is 15.4 Å². The number of aromatic nitrogens is 4. The number of nitrogens with one attached hydrogen (secondary N) is 1. The fourth-order valence-corrected chi connectivity index (χ4v) is 3.21. The second-order valence-electron chi connectivity index (χ2n) is 6.54. The smallest absolute Gasteiger partial charge is 0.270 e. The van der Waals surface area contributed by atoms with Gasteiger partial charge in [-0.25, -0.2) is 9.67 Å². The topological polar surface area (TPSA) is 81.3 Å². The summed E-state index contributed by atoms with van der Waals surface area (Å²) in [6.07, 6.45) is 2.93. The first-order chi connectivity index (χ1) is 13.6. The van der Waals surface area contributed by atoms with Gasteiger partial charge >= 0.3 is 0 Å². The maximum absolute atomic E-state index is 12.8. The molecular formula is C21H19N5O2. The van der Waals surface area contributed by atoms with Crippen LogP contribution in [0, 0.1) is 6.92 Å². The highest BCUT2D eigenvalue weighted by atomic mass is 16.2. The second kappa shape index (κ2) is 7.11. The van der Waals surface area contributed by atoms with Gasteiger partial charge in [-0.2, -0.15) is 5.10 Å². The highest BCUT2D eigenvalue weighted by Gasteiger charge is 2.18. The van der Waals surface area contributed by atoms with Gasteiger partial charge in [-0.1, -0.05) is 36.4 Å². The molecule has 140 valence electrons. The molecule has 4 rings (SSSR count). The molecule has 4 aromatic rings. The van der Waals surface area contributed by atoms with Gasteiger partial charge < -0.3 is 5.32 Å². The lowest BCUT2D eigenvalue weighted by atomic mass is 10.1. The molecule has 1 amide bonds. The Morgan fingerprint density at radius 2 is 1.86 bits per heavy atom. The van der Waals surface area contributed by atoms with Crippen molar-refractivity contribution in [2.75, 3.05) is 5.32 Å². The molecule has 0 saturated carbocycles. The summed E-state index contributed by atoms with van der Waals surface area (Å²) in [5, 5.41) is 7.12. The van der Waals surface area contributed by atoms with Gasteiger partial charge in [0.25, 0.3) is 11.5 Å². The van der Waals surface area contributed by atoms with E-state index in [0.717, 1.165) is 5.56 Å². The molecule has 0 fully saturated rings. The summed E-state index contributed by atoms with van der Waals surface area (Å²) in [7, 11) is 0. The monoisotopic (exact) mass is 373 g/mol. The Labute approximate surface area is 161 Å². The van der Waals surface area contributed by atoms with E-state index < -0.39 is 11.5 Å². The van der Waals surface area contributed by atoms with E-state index in [9.17, 15) is 9.59 Å². The van der Waals surface area contributed by atoms with Crippen LogP contribution in [0.3, 0.4) is 0 Å². The van der Waals surface area contributed by atoms with E-state index in [4.69, 9.17) is 0 Å². The number of nitrogens with zero attached hydrogens (tertiary/aromatic N) is 4. The Bertz CT molecular complexity index is 1210. The lowest BCUT2D eigenvalue weighted by Crippen LogP contribution is -2.28. The molecular weight excluding hydrogens is 354 g/mol. The summed E-state index contributed by atoms with van der Waals surface area (Å²) >= 11 is 0. The number of hydrogen-bond acceptors (Lipinski definition) is 4. The van der Waals surface area contributed by atoms with E-state index in [1.165, 1.54) is 10.6 Å². The van der Waals surface area contributed by atoms with Crippen molar-refractivity contribution in [3.05, 3.63) is 94.2 Å². The third-order valence-corrected chi connectivity index (χ3v) is 4.73. The Morgan fingerprint density at radius 3 is 2.64 bits per heavy atom. The van der Waals surface area contributed by atoms with E-state index in [1.54, 1.807) is 36.0 Å². The first kappa shape index (κ1) is 17.7. The zero-order chi connectivity index (χ0) is 19.7. The minimum absolute atomic E-state index is 0.0214. The molecule has 28 heavy (non-hydrogen) atoms. The molecule has 0 radical (unpaired) electrons. The summed E-state index contributed by atoms with van der Waals surface area (Å²) < 4.78 is 3.14. The maximum atomic E-state index is 12.8. The summed E-state index contributed by atoms with van der Waals surface area (Å²) in [5.74, 6) is -0.00667. The molecule has 7 nitrogen and oxygen atoms in total. The normalized spacial score (nSPS) is 12.1. The Kier molecular flexibility index (Phi) is 4.49. The summed E-state index contributed by atoms with van der Waals surface area (Å²) in [6.45, 7) is 3.79. The van der Waals surface area contributed by atoms with E-state index >= 15 is 0 Å². The van der Waals surface area contributed by atoms with Crippen molar-refractivity contribution in [1.29, 1.82) is 0 Å². The largest absolute Gasteiger partial charge is 0.307 e. The zero-order valence-electron chi connectivity index (χ0n) is 15.5. The molecule has 0 saturated heterocycles. The molecule has 0 aliphatic rings. The van der Waals surface area contributed by atoms with E-state index in [1.807, 2.05) is 43.3 Å². The molecule has 1 N–H and O–H groups in total. The van der Waals surface area contributed by atoms with Gasteiger partial charge in [-0.3, -0.25) is 14.0 Å². The third-order valence-electron chi connectivity index (χ3n) is 4.73. The summed E-state index contributed by atoms with van der Waals surface area (Å²) in [6, 6.07) is 16.8. The van der Waals surface area contributed by atoms with Crippen molar-refractivity contribution in [3.63, 3.8) is 0 Å². The highest BCUT2D eigenvalue weighted by Crippen LogP contribution is 2.21. The number of carbonyl (C=O) groups excluding carboxylic acids is 1. The first-order valence-corrected chi connectivity index (χ1v) is 8.93. The van der Waals surface area contributed by atoms with Crippen molar-refractivity contribution < 1.29 is 4.79 Å². The predicted molar refractivity (Wildman–Crippen MR) is 107 cm³/mol. The number of fused-ring (bicyclic) bond motifs is 1. The number of pyridine rings is 1. The third kappa shape index (κ3) is 3.07. The molecule has 0 aliphatic heterocycles. The van der Waals surface area contributed by atoms with E-state index in [-0.39, 0.29) is 11.6 Å². The van der Waals surface area contributed by atoms with Crippen molar-refractivity contribution in [1.82, 2.24) is 19.2 Å². The minimum Gasteiger partial charge on any atom is -0.307 e. The van der Waals surface area contributed by atoms with Gasteiger partial charge in [-0.05, 0) is 31.5 Å². The number of aryl methyl sites for hydroxylation is 1. The van der Waals surface area contributed by atoms with Crippen LogP contribution < -0.4 is 10.9 Å². The van der Waals surface area contributed by atoms with Crippen LogP contribution in [0.2, 0.25) is 0 Å². The summed E-state index contributed by atoms with van der Waals surface area (Å²) in [5.41, 5.74) is 1.86. The summed E-state index contributed by atoms with van der Waals surface area (Å²) in [4.78, 5) is 29.8. The van der Waals surface area contributed by atoms with Crippen LogP contribution in [0.1, 0.15) is 34.6 Å². The van der Waals surface area contributed by atoms with Crippen LogP contribution in [0.15, 0.2) is 71.8 Å². The Balaban J connectivity index is 1.67. The zero-order valence-corrected chi connectivity index (χ0v) is 15.5. The minimum atomic E-state index is -0.517. The number of benzene rings is 1. The number of anilines is 1. The van der Waals surface area contributed by atoms with Gasteiger partial charge in [0.1, 0.15) is 17.0 Å². The highest BCUT2D eigenvalue weighted by molar-refractivity contribution is 6.03. The van der Waals surface area contributed by atoms with Crippen LogP contribution in [0.5, 0.6) is 0 Å². The fraction of sp³-hybridized carbons (Fsp3) is 0.143. The maximum Gasteiger partial charge on any atom is 0.270 e. The molecule has 1 atom stereocenters. The quantitative estimate of drug-likeness (QED) is 0.596.